The largest absolute Gasteiger partial charge is 0.100 e. The minimum Gasteiger partial charge on any atom is -0.100 e. The maximum Gasteiger partial charge on any atom is -0.0266 e. The van der Waals surface area contributed by atoms with Crippen molar-refractivity contribution in [2.24, 2.45) is 70.0 Å². The van der Waals surface area contributed by atoms with Gasteiger partial charge in [-0.2, -0.15) is 0 Å². The van der Waals surface area contributed by atoms with Gasteiger partial charge in [0.25, 0.3) is 0 Å². The van der Waals surface area contributed by atoms with Crippen LogP contribution < -0.4 is 0 Å². The fraction of sp³-hybridized carbons (Fsp3) is 0.969. The molecule has 0 aromatic rings. The standard InChI is InChI=1S/C41H78.C7H14.C5H12.6C2H6/c1-10-32(5)30-34(7)33(6)19-14-12-13-15-20-35-24-27-40(8,28-25-35)38-26-29-41(9)36(21-17-16-18-31(3)4)22-23-39(41)37(38)11-2;1-4-5-6-7(2)3;1-4-5(2)3;6*1-2/h31-39H,10-30H2,1-9H3;2,4-6H2,1,3H3;5H,4H2,1-3H3;6*1-2H3. The zero-order valence-electron chi connectivity index (χ0n) is 51.7. The third-order valence-electron chi connectivity index (χ3n) is 16.1. The maximum absolute atomic E-state index is 3.79. The quantitative estimate of drug-likeness (QED) is 0.0750. The van der Waals surface area contributed by atoms with E-state index in [0.717, 1.165) is 59.2 Å². The van der Waals surface area contributed by atoms with E-state index in [-0.39, 0.29) is 0 Å². The lowest BCUT2D eigenvalue weighted by Crippen LogP contribution is -2.47. The monoisotopic (exact) mass is 921 g/mol. The average Bonchev–Trinajstić information content (AvgIpc) is 3.68. The van der Waals surface area contributed by atoms with E-state index < -0.39 is 0 Å². The molecule has 0 aromatic heterocycles. The van der Waals surface area contributed by atoms with Crippen LogP contribution in [-0.2, 0) is 0 Å². The van der Waals surface area contributed by atoms with Crippen molar-refractivity contribution in [1.29, 1.82) is 0 Å². The topological polar surface area (TPSA) is 0 Å². The molecule has 400 valence electrons. The Labute approximate surface area is 420 Å². The third kappa shape index (κ3) is 35.5. The summed E-state index contributed by atoms with van der Waals surface area (Å²) in [7, 11) is 0. The van der Waals surface area contributed by atoms with Crippen LogP contribution >= 0.6 is 0 Å². The van der Waals surface area contributed by atoms with E-state index in [1.165, 1.54) is 140 Å². The van der Waals surface area contributed by atoms with E-state index in [0.29, 0.717) is 10.8 Å². The van der Waals surface area contributed by atoms with Crippen LogP contribution in [0.4, 0.5) is 0 Å². The van der Waals surface area contributed by atoms with E-state index in [1.807, 2.05) is 83.1 Å². The highest BCUT2D eigenvalue weighted by Crippen LogP contribution is 2.64. The molecule has 3 saturated carbocycles. The molecule has 8 unspecified atom stereocenters. The molecule has 0 aliphatic heterocycles. The Morgan fingerprint density at radius 1 is 0.523 bits per heavy atom. The first-order valence-electron chi connectivity index (χ1n) is 30.7. The first kappa shape index (κ1) is 76.2. The van der Waals surface area contributed by atoms with Crippen molar-refractivity contribution in [3.05, 3.63) is 12.2 Å². The van der Waals surface area contributed by atoms with Gasteiger partial charge in [0, 0.05) is 0 Å². The summed E-state index contributed by atoms with van der Waals surface area (Å²) in [5, 5.41) is 0. The van der Waals surface area contributed by atoms with Gasteiger partial charge in [0.15, 0.2) is 0 Å². The normalized spacial score (nSPS) is 25.1. The molecule has 0 amide bonds. The number of hydrogen-bond acceptors (Lipinski definition) is 0. The number of rotatable bonds is 22. The zero-order valence-corrected chi connectivity index (χ0v) is 51.7. The third-order valence-corrected chi connectivity index (χ3v) is 16.1. The molecule has 0 aromatic carbocycles. The van der Waals surface area contributed by atoms with Crippen LogP contribution in [0.5, 0.6) is 0 Å². The van der Waals surface area contributed by atoms with Gasteiger partial charge in [-0.25, -0.2) is 0 Å². The fourth-order valence-corrected chi connectivity index (χ4v) is 11.3. The Kier molecular flexibility index (Phi) is 60.5. The molecule has 0 spiro atoms. The zero-order chi connectivity index (χ0) is 52.0. The summed E-state index contributed by atoms with van der Waals surface area (Å²) in [6, 6.07) is 0. The van der Waals surface area contributed by atoms with Crippen LogP contribution in [-0.4, -0.2) is 0 Å². The van der Waals surface area contributed by atoms with E-state index >= 15 is 0 Å². The van der Waals surface area contributed by atoms with Gasteiger partial charge in [0.05, 0.1) is 0 Å². The highest BCUT2D eigenvalue weighted by Gasteiger charge is 2.56. The van der Waals surface area contributed by atoms with Crippen molar-refractivity contribution in [2.45, 2.75) is 341 Å². The van der Waals surface area contributed by atoms with Crippen molar-refractivity contribution in [1.82, 2.24) is 0 Å². The average molecular weight is 922 g/mol. The van der Waals surface area contributed by atoms with E-state index in [2.05, 4.69) is 104 Å². The molecule has 65 heavy (non-hydrogen) atoms. The van der Waals surface area contributed by atoms with Crippen molar-refractivity contribution < 1.29 is 0 Å². The lowest BCUT2D eigenvalue weighted by molar-refractivity contribution is -0.0593. The van der Waals surface area contributed by atoms with Crippen LogP contribution in [0, 0.1) is 70.0 Å². The minimum absolute atomic E-state index is 0.635. The molecule has 0 N–H and O–H groups in total. The summed E-state index contributed by atoms with van der Waals surface area (Å²) in [6.45, 7) is 61.4. The summed E-state index contributed by atoms with van der Waals surface area (Å²) >= 11 is 0. The molecule has 8 atom stereocenters. The Morgan fingerprint density at radius 3 is 1.45 bits per heavy atom. The number of hydrogen-bond donors (Lipinski definition) is 0. The second-order valence-corrected chi connectivity index (χ2v) is 21.4. The molecule has 3 aliphatic carbocycles. The molecule has 0 heteroatoms. The SMILES string of the molecule is C=C(C)CCCC.CC.CC.CC.CC.CC.CC.CCC(C)C.CCC(C)CC(C)C(C)CCCCCCC1CCC(C)(C2CCC3(C)C(CCCCC(C)C)CCC3C2CC)CC1. The van der Waals surface area contributed by atoms with Crippen LogP contribution in [0.3, 0.4) is 0 Å². The Bertz CT molecular complexity index is 886. The molecule has 3 rings (SSSR count). The Morgan fingerprint density at radius 2 is 1.02 bits per heavy atom. The number of allylic oxidation sites excluding steroid dienone is 1. The van der Waals surface area contributed by atoms with Crippen LogP contribution in [0.15, 0.2) is 12.2 Å². The Balaban J connectivity index is -0.000000303. The highest BCUT2D eigenvalue weighted by molar-refractivity contribution is 5.05. The first-order chi connectivity index (χ1) is 31.1. The fourth-order valence-electron chi connectivity index (χ4n) is 11.3. The molecule has 0 radical (unpaired) electrons. The lowest BCUT2D eigenvalue weighted by Gasteiger charge is -2.55. The first-order valence-corrected chi connectivity index (χ1v) is 30.7. The van der Waals surface area contributed by atoms with Gasteiger partial charge in [-0.1, -0.05) is 262 Å². The van der Waals surface area contributed by atoms with Crippen LogP contribution in [0.25, 0.3) is 0 Å². The predicted octanol–water partition coefficient (Wildman–Crippen LogP) is 24.9. The summed E-state index contributed by atoms with van der Waals surface area (Å²) in [4.78, 5) is 0. The summed E-state index contributed by atoms with van der Waals surface area (Å²) in [5.74, 6) is 9.58. The molecular formula is C65H140. The highest BCUT2D eigenvalue weighted by atomic mass is 14.6. The molecule has 3 fully saturated rings. The van der Waals surface area contributed by atoms with Gasteiger partial charge in [-0.05, 0) is 154 Å². The van der Waals surface area contributed by atoms with Crippen molar-refractivity contribution >= 4 is 0 Å². The van der Waals surface area contributed by atoms with Gasteiger partial charge < -0.3 is 0 Å². The van der Waals surface area contributed by atoms with Gasteiger partial charge in [0.1, 0.15) is 0 Å². The molecule has 0 bridgehead atoms. The van der Waals surface area contributed by atoms with Gasteiger partial charge in [0.2, 0.25) is 0 Å². The van der Waals surface area contributed by atoms with Gasteiger partial charge >= 0.3 is 0 Å². The molecular weight excluding hydrogens is 781 g/mol. The smallest absolute Gasteiger partial charge is 0.0266 e. The number of fused-ring (bicyclic) bond motifs is 1. The molecule has 0 saturated heterocycles. The van der Waals surface area contributed by atoms with Crippen molar-refractivity contribution in [3.63, 3.8) is 0 Å². The minimum atomic E-state index is 0.635. The van der Waals surface area contributed by atoms with Crippen molar-refractivity contribution in [2.75, 3.05) is 0 Å². The maximum atomic E-state index is 3.79. The molecule has 3 aliphatic rings. The lowest BCUT2D eigenvalue weighted by atomic mass is 9.50. The molecule has 0 nitrogen and oxygen atoms in total. The van der Waals surface area contributed by atoms with Gasteiger partial charge in [-0.3, -0.25) is 0 Å². The van der Waals surface area contributed by atoms with E-state index in [9.17, 15) is 0 Å². The van der Waals surface area contributed by atoms with Crippen molar-refractivity contribution in [3.8, 4) is 0 Å². The number of unbranched alkanes of at least 4 members (excludes halogenated alkanes) is 5. The second kappa shape index (κ2) is 51.6. The summed E-state index contributed by atoms with van der Waals surface area (Å²) < 4.78 is 0. The second-order valence-electron chi connectivity index (χ2n) is 21.4. The van der Waals surface area contributed by atoms with E-state index in [4.69, 9.17) is 0 Å². The molecule has 0 heterocycles. The van der Waals surface area contributed by atoms with Gasteiger partial charge in [-0.15, -0.1) is 6.58 Å². The predicted molar refractivity (Wildman–Crippen MR) is 312 cm³/mol. The van der Waals surface area contributed by atoms with Crippen LogP contribution in [0.1, 0.15) is 341 Å². The Hall–Kier alpha value is -0.260. The van der Waals surface area contributed by atoms with Crippen LogP contribution in [0.2, 0.25) is 0 Å². The summed E-state index contributed by atoms with van der Waals surface area (Å²) in [5.41, 5.74) is 2.60. The summed E-state index contributed by atoms with van der Waals surface area (Å²) in [6.07, 6.45) is 36.4. The van der Waals surface area contributed by atoms with E-state index in [1.54, 1.807) is 25.7 Å².